The molecule has 0 saturated heterocycles. The highest BCUT2D eigenvalue weighted by molar-refractivity contribution is 7.89. The molecule has 0 spiro atoms. The quantitative estimate of drug-likeness (QED) is 0.783. The Morgan fingerprint density at radius 1 is 1.41 bits per heavy atom. The van der Waals surface area contributed by atoms with Crippen molar-refractivity contribution in [3.63, 3.8) is 0 Å². The third kappa shape index (κ3) is 3.41. The van der Waals surface area contributed by atoms with Crippen molar-refractivity contribution in [2.24, 2.45) is 0 Å². The number of nitrogen functional groups attached to an aromatic ring is 1. The van der Waals surface area contributed by atoms with Crippen LogP contribution in [0.4, 0.5) is 5.69 Å². The van der Waals surface area contributed by atoms with Gasteiger partial charge in [-0.15, -0.1) is 0 Å². The molecule has 0 aliphatic carbocycles. The van der Waals surface area contributed by atoms with E-state index in [0.717, 1.165) is 19.3 Å². The zero-order chi connectivity index (χ0) is 12.9. The molecule has 6 heteroatoms. The van der Waals surface area contributed by atoms with Crippen LogP contribution >= 0.6 is 0 Å². The van der Waals surface area contributed by atoms with Crippen molar-refractivity contribution in [2.75, 3.05) is 19.3 Å². The molecule has 0 aliphatic heterocycles. The molecule has 5 nitrogen and oxygen atoms in total. The minimum atomic E-state index is -3.50. The fourth-order valence-electron chi connectivity index (χ4n) is 1.48. The Balaban J connectivity index is 2.85. The number of unbranched alkanes of at least 4 members (excludes halogenated alkanes) is 2. The second kappa shape index (κ2) is 5.97. The molecule has 0 aliphatic rings. The standard InChI is InChI=1S/C11H19N3O2S/c1-3-4-5-8-14(2)17(15,16)11-9-13-7-6-10(11)12/h6-7,9H,3-5,8H2,1-2H3,(H2,12,13). The van der Waals surface area contributed by atoms with E-state index < -0.39 is 10.0 Å². The van der Waals surface area contributed by atoms with Gasteiger partial charge in [-0.05, 0) is 12.5 Å². The van der Waals surface area contributed by atoms with Gasteiger partial charge < -0.3 is 5.73 Å². The van der Waals surface area contributed by atoms with Crippen molar-refractivity contribution >= 4 is 15.7 Å². The lowest BCUT2D eigenvalue weighted by atomic mass is 10.2. The van der Waals surface area contributed by atoms with Crippen molar-refractivity contribution in [1.82, 2.24) is 9.29 Å². The smallest absolute Gasteiger partial charge is 0.246 e. The Kier molecular flexibility index (Phi) is 4.89. The highest BCUT2D eigenvalue weighted by atomic mass is 32.2. The summed E-state index contributed by atoms with van der Waals surface area (Å²) in [6.07, 6.45) is 5.70. The highest BCUT2D eigenvalue weighted by Gasteiger charge is 2.22. The SMILES string of the molecule is CCCCCN(C)S(=O)(=O)c1cnccc1N. The van der Waals surface area contributed by atoms with E-state index in [2.05, 4.69) is 11.9 Å². The van der Waals surface area contributed by atoms with E-state index in [4.69, 9.17) is 5.73 Å². The first kappa shape index (κ1) is 13.9. The number of rotatable bonds is 6. The van der Waals surface area contributed by atoms with Crippen LogP contribution in [0.15, 0.2) is 23.4 Å². The number of hydrogen-bond acceptors (Lipinski definition) is 4. The van der Waals surface area contributed by atoms with Crippen LogP contribution in [-0.2, 0) is 10.0 Å². The number of hydrogen-bond donors (Lipinski definition) is 1. The van der Waals surface area contributed by atoms with Gasteiger partial charge in [0.1, 0.15) is 4.90 Å². The van der Waals surface area contributed by atoms with Crippen LogP contribution in [0.2, 0.25) is 0 Å². The monoisotopic (exact) mass is 257 g/mol. The topological polar surface area (TPSA) is 76.3 Å². The molecule has 0 fully saturated rings. The second-order valence-electron chi connectivity index (χ2n) is 3.95. The minimum absolute atomic E-state index is 0.0824. The third-order valence-corrected chi connectivity index (χ3v) is 4.48. The molecule has 1 aromatic rings. The zero-order valence-corrected chi connectivity index (χ0v) is 11.1. The molecule has 0 aromatic carbocycles. The number of anilines is 1. The van der Waals surface area contributed by atoms with Gasteiger partial charge in [0.25, 0.3) is 0 Å². The van der Waals surface area contributed by atoms with E-state index in [1.165, 1.54) is 22.8 Å². The summed E-state index contributed by atoms with van der Waals surface area (Å²) in [5.74, 6) is 0. The van der Waals surface area contributed by atoms with Gasteiger partial charge in [-0.2, -0.15) is 0 Å². The van der Waals surface area contributed by atoms with Crippen molar-refractivity contribution in [3.05, 3.63) is 18.5 Å². The van der Waals surface area contributed by atoms with Crippen molar-refractivity contribution in [3.8, 4) is 0 Å². The van der Waals surface area contributed by atoms with Crippen LogP contribution in [0.1, 0.15) is 26.2 Å². The Morgan fingerprint density at radius 2 is 2.12 bits per heavy atom. The lowest BCUT2D eigenvalue weighted by Gasteiger charge is -2.17. The molecule has 17 heavy (non-hydrogen) atoms. The van der Waals surface area contributed by atoms with Crippen molar-refractivity contribution in [2.45, 2.75) is 31.1 Å². The fraction of sp³-hybridized carbons (Fsp3) is 0.545. The summed E-state index contributed by atoms with van der Waals surface area (Å²) >= 11 is 0. The first-order chi connectivity index (χ1) is 8.00. The summed E-state index contributed by atoms with van der Waals surface area (Å²) in [5.41, 5.74) is 5.89. The van der Waals surface area contributed by atoms with Gasteiger partial charge in [-0.25, -0.2) is 12.7 Å². The molecule has 2 N–H and O–H groups in total. The molecule has 0 saturated carbocycles. The van der Waals surface area contributed by atoms with Crippen LogP contribution < -0.4 is 5.73 Å². The maximum atomic E-state index is 12.2. The van der Waals surface area contributed by atoms with Gasteiger partial charge in [0.05, 0.1) is 5.69 Å². The van der Waals surface area contributed by atoms with Crippen LogP contribution in [0, 0.1) is 0 Å². The van der Waals surface area contributed by atoms with Gasteiger partial charge in [0.15, 0.2) is 0 Å². The maximum absolute atomic E-state index is 12.2. The van der Waals surface area contributed by atoms with Gasteiger partial charge in [0.2, 0.25) is 10.0 Å². The molecule has 96 valence electrons. The number of pyridine rings is 1. The van der Waals surface area contributed by atoms with Crippen LogP contribution in [0.5, 0.6) is 0 Å². The molecular formula is C11H19N3O2S. The summed E-state index contributed by atoms with van der Waals surface area (Å²) in [7, 11) is -1.94. The summed E-state index contributed by atoms with van der Waals surface area (Å²) in [6.45, 7) is 2.58. The Labute approximate surface area is 103 Å². The zero-order valence-electron chi connectivity index (χ0n) is 10.3. The number of nitrogens with two attached hydrogens (primary N) is 1. The number of sulfonamides is 1. The first-order valence-corrected chi connectivity index (χ1v) is 7.10. The summed E-state index contributed by atoms with van der Waals surface area (Å²) in [5, 5.41) is 0. The van der Waals surface area contributed by atoms with Crippen molar-refractivity contribution in [1.29, 1.82) is 0 Å². The minimum Gasteiger partial charge on any atom is -0.398 e. The number of aromatic nitrogens is 1. The predicted molar refractivity (Wildman–Crippen MR) is 68.0 cm³/mol. The van der Waals surface area contributed by atoms with Gasteiger partial charge in [0, 0.05) is 26.0 Å². The van der Waals surface area contributed by atoms with E-state index in [1.54, 1.807) is 7.05 Å². The lowest BCUT2D eigenvalue weighted by molar-refractivity contribution is 0.454. The van der Waals surface area contributed by atoms with E-state index in [1.807, 2.05) is 0 Å². The normalized spacial score (nSPS) is 11.9. The van der Waals surface area contributed by atoms with Crippen LogP contribution in [-0.4, -0.2) is 31.3 Å². The average Bonchev–Trinajstić information content (AvgIpc) is 2.29. The lowest BCUT2D eigenvalue weighted by Crippen LogP contribution is -2.28. The molecule has 0 unspecified atom stereocenters. The summed E-state index contributed by atoms with van der Waals surface area (Å²) < 4.78 is 25.6. The largest absolute Gasteiger partial charge is 0.398 e. The summed E-state index contributed by atoms with van der Waals surface area (Å²) in [4.78, 5) is 3.89. The second-order valence-corrected chi connectivity index (χ2v) is 5.96. The molecule has 1 aromatic heterocycles. The average molecular weight is 257 g/mol. The Hall–Kier alpha value is -1.14. The molecule has 0 radical (unpaired) electrons. The molecule has 0 atom stereocenters. The Morgan fingerprint density at radius 3 is 2.71 bits per heavy atom. The van der Waals surface area contributed by atoms with Crippen molar-refractivity contribution < 1.29 is 8.42 Å². The van der Waals surface area contributed by atoms with E-state index in [0.29, 0.717) is 6.54 Å². The van der Waals surface area contributed by atoms with Gasteiger partial charge in [-0.3, -0.25) is 4.98 Å². The number of nitrogens with zero attached hydrogens (tertiary/aromatic N) is 2. The van der Waals surface area contributed by atoms with Gasteiger partial charge >= 0.3 is 0 Å². The molecular weight excluding hydrogens is 238 g/mol. The van der Waals surface area contributed by atoms with E-state index >= 15 is 0 Å². The molecule has 1 rings (SSSR count). The molecule has 0 amide bonds. The Bertz CT molecular complexity index is 460. The van der Waals surface area contributed by atoms with Gasteiger partial charge in [-0.1, -0.05) is 19.8 Å². The predicted octanol–water partition coefficient (Wildman–Crippen LogP) is 1.47. The first-order valence-electron chi connectivity index (χ1n) is 5.66. The van der Waals surface area contributed by atoms with E-state index in [9.17, 15) is 8.42 Å². The summed E-state index contributed by atoms with van der Waals surface area (Å²) in [6, 6.07) is 1.49. The van der Waals surface area contributed by atoms with E-state index in [-0.39, 0.29) is 10.6 Å². The van der Waals surface area contributed by atoms with Crippen LogP contribution in [0.3, 0.4) is 0 Å². The molecule has 0 bridgehead atoms. The fourth-order valence-corrected chi connectivity index (χ4v) is 2.74. The maximum Gasteiger partial charge on any atom is 0.246 e. The molecule has 1 heterocycles. The van der Waals surface area contributed by atoms with Crippen LogP contribution in [0.25, 0.3) is 0 Å². The highest BCUT2D eigenvalue weighted by Crippen LogP contribution is 2.19. The third-order valence-electron chi connectivity index (χ3n) is 2.58.